The van der Waals surface area contributed by atoms with Crippen molar-refractivity contribution in [3.05, 3.63) is 89.7 Å². The van der Waals surface area contributed by atoms with Crippen molar-refractivity contribution in [3.8, 4) is 23.0 Å². The van der Waals surface area contributed by atoms with E-state index >= 15 is 0 Å². The van der Waals surface area contributed by atoms with Crippen molar-refractivity contribution in [2.45, 2.75) is 12.8 Å². The molecule has 0 unspecified atom stereocenters. The molecule has 6 heteroatoms. The zero-order chi connectivity index (χ0) is 19.8. The summed E-state index contributed by atoms with van der Waals surface area (Å²) in [4.78, 5) is 17.5. The van der Waals surface area contributed by atoms with E-state index in [1.54, 1.807) is 6.92 Å². The maximum Gasteiger partial charge on any atom is 0.257 e. The van der Waals surface area contributed by atoms with Crippen LogP contribution in [0.1, 0.15) is 22.9 Å². The van der Waals surface area contributed by atoms with E-state index in [0.29, 0.717) is 28.9 Å². The first-order chi connectivity index (χ1) is 14.2. The van der Waals surface area contributed by atoms with E-state index in [2.05, 4.69) is 15.5 Å². The number of amides is 1. The number of carbonyl (C=O) groups is 1. The Morgan fingerprint density at radius 1 is 0.897 bits per heavy atom. The molecule has 1 aromatic heterocycles. The van der Waals surface area contributed by atoms with Gasteiger partial charge < -0.3 is 14.6 Å². The molecule has 142 valence electrons. The Morgan fingerprint density at radius 3 is 2.10 bits per heavy atom. The van der Waals surface area contributed by atoms with Gasteiger partial charge in [-0.3, -0.25) is 4.79 Å². The first kappa shape index (κ1) is 17.2. The molecule has 1 aliphatic heterocycles. The lowest BCUT2D eigenvalue weighted by Gasteiger charge is -2.27. The lowest BCUT2D eigenvalue weighted by atomic mass is 9.87. The van der Waals surface area contributed by atoms with Gasteiger partial charge in [-0.1, -0.05) is 41.6 Å². The van der Waals surface area contributed by atoms with Crippen LogP contribution in [0.3, 0.4) is 0 Å². The number of carbonyl (C=O) groups excluding carboxylic acids is 1. The molecule has 0 saturated heterocycles. The number of ether oxygens (including phenoxy) is 1. The number of anilines is 1. The number of hydrogen-bond donors (Lipinski definition) is 1. The molecule has 4 aromatic rings. The minimum absolute atomic E-state index is 0.116. The summed E-state index contributed by atoms with van der Waals surface area (Å²) in [5.74, 6) is 1.87. The smallest absolute Gasteiger partial charge is 0.257 e. The van der Waals surface area contributed by atoms with Crippen LogP contribution in [0.25, 0.3) is 11.5 Å². The zero-order valence-electron chi connectivity index (χ0n) is 15.6. The first-order valence-corrected chi connectivity index (χ1v) is 9.26. The highest BCUT2D eigenvalue weighted by Crippen LogP contribution is 2.44. The van der Waals surface area contributed by atoms with Crippen LogP contribution in [-0.2, 0) is 4.79 Å². The van der Waals surface area contributed by atoms with Crippen LogP contribution in [-0.4, -0.2) is 16.0 Å². The van der Waals surface area contributed by atoms with Gasteiger partial charge in [0.2, 0.25) is 5.91 Å². The topological polar surface area (TPSA) is 77.2 Å². The second kappa shape index (κ2) is 6.91. The Hall–Kier alpha value is -3.93. The predicted molar refractivity (Wildman–Crippen MR) is 108 cm³/mol. The molecule has 2 heterocycles. The average molecular weight is 383 g/mol. The van der Waals surface area contributed by atoms with Gasteiger partial charge in [0.1, 0.15) is 11.5 Å². The zero-order valence-corrected chi connectivity index (χ0v) is 15.6. The molecular formula is C23H17N3O3. The van der Waals surface area contributed by atoms with Crippen LogP contribution in [0.2, 0.25) is 0 Å². The van der Waals surface area contributed by atoms with Crippen LogP contribution in [0, 0.1) is 6.92 Å². The van der Waals surface area contributed by atoms with Crippen molar-refractivity contribution in [2.24, 2.45) is 0 Å². The second-order valence-electron chi connectivity index (χ2n) is 6.82. The fourth-order valence-corrected chi connectivity index (χ4v) is 3.52. The number of rotatable bonds is 3. The van der Waals surface area contributed by atoms with Crippen molar-refractivity contribution in [1.29, 1.82) is 0 Å². The third-order valence-electron chi connectivity index (χ3n) is 4.87. The van der Waals surface area contributed by atoms with E-state index in [0.717, 1.165) is 16.7 Å². The quantitative estimate of drug-likeness (QED) is 0.543. The number of aromatic nitrogens is 2. The molecule has 0 atom stereocenters. The van der Waals surface area contributed by atoms with Crippen LogP contribution >= 0.6 is 0 Å². The Morgan fingerprint density at radius 2 is 1.52 bits per heavy atom. The molecule has 0 saturated carbocycles. The van der Waals surface area contributed by atoms with Gasteiger partial charge >= 0.3 is 0 Å². The maximum absolute atomic E-state index is 13.2. The van der Waals surface area contributed by atoms with Crippen LogP contribution in [0.15, 0.2) is 77.3 Å². The summed E-state index contributed by atoms with van der Waals surface area (Å²) < 4.78 is 11.2. The third-order valence-corrected chi connectivity index (χ3v) is 4.87. The van der Waals surface area contributed by atoms with E-state index in [1.807, 2.05) is 72.8 Å². The molecule has 0 aliphatic carbocycles. The van der Waals surface area contributed by atoms with Crippen LogP contribution < -0.4 is 10.1 Å². The largest absolute Gasteiger partial charge is 0.457 e. The van der Waals surface area contributed by atoms with E-state index in [-0.39, 0.29) is 5.91 Å². The minimum Gasteiger partial charge on any atom is -0.457 e. The standard InChI is InChI=1S/C23H17N3O3/c1-14-24-23(29-26-14)15-10-12-16(13-11-15)25-22(27)21-17-6-2-4-8-19(17)28-20-9-5-3-7-18(20)21/h2-13,21H,1H3,(H,25,27). The van der Waals surface area contributed by atoms with Gasteiger partial charge in [-0.25, -0.2) is 0 Å². The van der Waals surface area contributed by atoms with E-state index in [1.165, 1.54) is 0 Å². The Labute approximate surface area is 167 Å². The number of fused-ring (bicyclic) bond motifs is 2. The van der Waals surface area contributed by atoms with Crippen molar-refractivity contribution >= 4 is 11.6 Å². The van der Waals surface area contributed by atoms with Crippen LogP contribution in [0.4, 0.5) is 5.69 Å². The summed E-state index contributed by atoms with van der Waals surface area (Å²) in [6, 6.07) is 22.6. The predicted octanol–water partition coefficient (Wildman–Crippen LogP) is 4.92. The molecule has 0 spiro atoms. The van der Waals surface area contributed by atoms with Gasteiger partial charge in [0.25, 0.3) is 5.89 Å². The molecule has 0 bridgehead atoms. The highest BCUT2D eigenvalue weighted by atomic mass is 16.5. The number of aryl methyl sites for hydroxylation is 1. The fourth-order valence-electron chi connectivity index (χ4n) is 3.52. The second-order valence-corrected chi connectivity index (χ2v) is 6.82. The molecule has 0 fully saturated rings. The number of nitrogens with zero attached hydrogens (tertiary/aromatic N) is 2. The molecule has 1 aliphatic rings. The number of benzene rings is 3. The fraction of sp³-hybridized carbons (Fsp3) is 0.0870. The lowest BCUT2D eigenvalue weighted by molar-refractivity contribution is -0.116. The van der Waals surface area contributed by atoms with Gasteiger partial charge in [-0.05, 0) is 43.3 Å². The molecule has 1 amide bonds. The van der Waals surface area contributed by atoms with Crippen LogP contribution in [0.5, 0.6) is 11.5 Å². The van der Waals surface area contributed by atoms with E-state index < -0.39 is 5.92 Å². The third kappa shape index (κ3) is 3.14. The SMILES string of the molecule is Cc1noc(-c2ccc(NC(=O)C3c4ccccc4Oc4ccccc43)cc2)n1. The van der Waals surface area contributed by atoms with Crippen molar-refractivity contribution in [2.75, 3.05) is 5.32 Å². The van der Waals surface area contributed by atoms with Gasteiger partial charge in [0.05, 0.1) is 5.92 Å². The van der Waals surface area contributed by atoms with Crippen molar-refractivity contribution in [1.82, 2.24) is 10.1 Å². The molecule has 5 rings (SSSR count). The lowest BCUT2D eigenvalue weighted by Crippen LogP contribution is -2.25. The summed E-state index contributed by atoms with van der Waals surface area (Å²) in [7, 11) is 0. The maximum atomic E-state index is 13.2. The number of hydrogen-bond acceptors (Lipinski definition) is 5. The van der Waals surface area contributed by atoms with Gasteiger partial charge in [-0.2, -0.15) is 4.98 Å². The molecular weight excluding hydrogens is 366 g/mol. The molecule has 6 nitrogen and oxygen atoms in total. The Kier molecular flexibility index (Phi) is 4.09. The summed E-state index contributed by atoms with van der Waals surface area (Å²) in [6.07, 6.45) is 0. The number of para-hydroxylation sites is 2. The highest BCUT2D eigenvalue weighted by Gasteiger charge is 2.32. The normalized spacial score (nSPS) is 12.6. The van der Waals surface area contributed by atoms with Gasteiger partial charge in [0.15, 0.2) is 5.82 Å². The monoisotopic (exact) mass is 383 g/mol. The molecule has 0 radical (unpaired) electrons. The summed E-state index contributed by atoms with van der Waals surface area (Å²) >= 11 is 0. The van der Waals surface area contributed by atoms with Crippen molar-refractivity contribution < 1.29 is 14.1 Å². The van der Waals surface area contributed by atoms with E-state index in [9.17, 15) is 4.79 Å². The number of nitrogens with one attached hydrogen (secondary N) is 1. The average Bonchev–Trinajstić information content (AvgIpc) is 3.18. The van der Waals surface area contributed by atoms with Crippen molar-refractivity contribution in [3.63, 3.8) is 0 Å². The highest BCUT2D eigenvalue weighted by molar-refractivity contribution is 5.99. The Balaban J connectivity index is 1.44. The Bertz CT molecular complexity index is 1150. The molecule has 29 heavy (non-hydrogen) atoms. The van der Waals surface area contributed by atoms with E-state index in [4.69, 9.17) is 9.26 Å². The summed E-state index contributed by atoms with van der Waals surface area (Å²) in [5, 5.41) is 6.82. The van der Waals surface area contributed by atoms with Gasteiger partial charge in [0, 0.05) is 22.4 Å². The summed E-state index contributed by atoms with van der Waals surface area (Å²) in [5.41, 5.74) is 3.19. The minimum atomic E-state index is -0.450. The van der Waals surface area contributed by atoms with Gasteiger partial charge in [-0.15, -0.1) is 0 Å². The first-order valence-electron chi connectivity index (χ1n) is 9.26. The molecule has 3 aromatic carbocycles. The summed E-state index contributed by atoms with van der Waals surface area (Å²) in [6.45, 7) is 1.77. The molecule has 1 N–H and O–H groups in total.